The SMILES string of the molecule is BrCCCCC[CH2][Hg]. The minimum atomic E-state index is 1.06. The predicted molar refractivity (Wildman–Crippen MR) is 37.1 cm³/mol. The fourth-order valence-electron chi connectivity index (χ4n) is 0.625. The van der Waals surface area contributed by atoms with Crippen molar-refractivity contribution in [3.05, 3.63) is 0 Å². The molecule has 0 spiro atoms. The van der Waals surface area contributed by atoms with E-state index in [9.17, 15) is 0 Å². The van der Waals surface area contributed by atoms with Crippen molar-refractivity contribution < 1.29 is 26.1 Å². The second-order valence-electron chi connectivity index (χ2n) is 1.96. The second-order valence-corrected chi connectivity index (χ2v) is 5.50. The summed E-state index contributed by atoms with van der Waals surface area (Å²) in [4.78, 5) is 0. The third-order valence-electron chi connectivity index (χ3n) is 1.13. The third-order valence-corrected chi connectivity index (χ3v) is 3.64. The molecule has 0 aliphatic heterocycles. The van der Waals surface area contributed by atoms with Gasteiger partial charge in [-0.2, -0.15) is 0 Å². The van der Waals surface area contributed by atoms with Crippen LogP contribution in [0.25, 0.3) is 0 Å². The summed E-state index contributed by atoms with van der Waals surface area (Å²) in [5, 5.41) is 1.19. The Kier molecular flexibility index (Phi) is 9.90. The van der Waals surface area contributed by atoms with Crippen molar-refractivity contribution >= 4 is 15.9 Å². The standard InChI is InChI=1S/C6H12Br.Hg/c1-2-3-4-5-6-7;/h1-6H2;. The van der Waals surface area contributed by atoms with Gasteiger partial charge in [-0.25, -0.2) is 0 Å². The van der Waals surface area contributed by atoms with Crippen molar-refractivity contribution in [2.45, 2.75) is 29.6 Å². The van der Waals surface area contributed by atoms with Gasteiger partial charge < -0.3 is 0 Å². The van der Waals surface area contributed by atoms with E-state index in [0.29, 0.717) is 0 Å². The molecule has 0 nitrogen and oxygen atoms in total. The molecular formula is C6H12BrHg. The quantitative estimate of drug-likeness (QED) is 0.400. The Morgan fingerprint density at radius 2 is 1.62 bits per heavy atom. The van der Waals surface area contributed by atoms with Crippen LogP contribution in [0.3, 0.4) is 0 Å². The van der Waals surface area contributed by atoms with Gasteiger partial charge >= 0.3 is 77.0 Å². The average molecular weight is 365 g/mol. The molecule has 0 fully saturated rings. The van der Waals surface area contributed by atoms with Crippen LogP contribution in [-0.4, -0.2) is 5.33 Å². The van der Waals surface area contributed by atoms with E-state index in [2.05, 4.69) is 15.9 Å². The van der Waals surface area contributed by atoms with Gasteiger partial charge in [-0.3, -0.25) is 0 Å². The van der Waals surface area contributed by atoms with Crippen LogP contribution in [0.5, 0.6) is 0 Å². The van der Waals surface area contributed by atoms with Crippen LogP contribution in [0.2, 0.25) is 3.93 Å². The maximum absolute atomic E-state index is 3.41. The van der Waals surface area contributed by atoms with Crippen LogP contribution >= 0.6 is 15.9 Å². The number of alkyl halides is 1. The first-order chi connectivity index (χ1) is 3.91. The van der Waals surface area contributed by atoms with Gasteiger partial charge in [-0.15, -0.1) is 0 Å². The molecule has 8 heavy (non-hydrogen) atoms. The summed E-state index contributed by atoms with van der Waals surface area (Å²) in [5.74, 6) is 0. The molecule has 0 atom stereocenters. The Bertz CT molecular complexity index is 33.5. The zero-order valence-electron chi connectivity index (χ0n) is 5.33. The first-order valence-corrected chi connectivity index (χ1v) is 8.28. The van der Waals surface area contributed by atoms with Crippen molar-refractivity contribution in [2.75, 3.05) is 5.33 Å². The maximum atomic E-state index is 3.41. The summed E-state index contributed by atoms with van der Waals surface area (Å²) >= 11 is 4.47. The number of hydrogen-bond donors (Lipinski definition) is 0. The molecule has 0 unspecified atom stereocenters. The molecule has 2 heteroatoms. The summed E-state index contributed by atoms with van der Waals surface area (Å²) in [5.41, 5.74) is 0. The zero-order valence-corrected chi connectivity index (χ0v) is 12.4. The van der Waals surface area contributed by atoms with Gasteiger partial charge in [0.25, 0.3) is 0 Å². The van der Waals surface area contributed by atoms with Gasteiger partial charge in [0.05, 0.1) is 0 Å². The monoisotopic (exact) mass is 365 g/mol. The van der Waals surface area contributed by atoms with Crippen molar-refractivity contribution in [3.63, 3.8) is 0 Å². The second kappa shape index (κ2) is 8.42. The van der Waals surface area contributed by atoms with E-state index in [1.165, 1.54) is 31.0 Å². The average Bonchev–Trinajstić information content (AvgIpc) is 1.81. The molecule has 0 saturated carbocycles. The number of rotatable bonds is 5. The molecule has 0 aliphatic carbocycles. The first-order valence-electron chi connectivity index (χ1n) is 3.27. The van der Waals surface area contributed by atoms with Crippen LogP contribution in [0.1, 0.15) is 25.7 Å². The molecule has 0 heterocycles. The Labute approximate surface area is 76.5 Å². The Balaban J connectivity index is 2.53. The molecule has 0 bridgehead atoms. The predicted octanol–water partition coefficient (Wildman–Crippen LogP) is 2.91. The molecule has 0 N–H and O–H groups in total. The summed E-state index contributed by atoms with van der Waals surface area (Å²) in [6.07, 6.45) is 5.77. The van der Waals surface area contributed by atoms with Crippen LogP contribution in [-0.2, 0) is 26.1 Å². The summed E-state index contributed by atoms with van der Waals surface area (Å²) in [6.45, 7) is 0. The van der Waals surface area contributed by atoms with E-state index < -0.39 is 0 Å². The van der Waals surface area contributed by atoms with Gasteiger partial charge in [0.15, 0.2) is 0 Å². The normalized spacial score (nSPS) is 9.88. The third kappa shape index (κ3) is 7.42. The number of unbranched alkanes of at least 4 members (excludes halogenated alkanes) is 3. The Morgan fingerprint density at radius 1 is 1.00 bits per heavy atom. The van der Waals surface area contributed by atoms with Crippen molar-refractivity contribution in [1.82, 2.24) is 0 Å². The Hall–Kier alpha value is 1.42. The van der Waals surface area contributed by atoms with E-state index in [-0.39, 0.29) is 0 Å². The van der Waals surface area contributed by atoms with Crippen LogP contribution in [0.4, 0.5) is 0 Å². The minimum absolute atomic E-state index is 1.06. The topological polar surface area (TPSA) is 0 Å². The van der Waals surface area contributed by atoms with Crippen molar-refractivity contribution in [1.29, 1.82) is 0 Å². The van der Waals surface area contributed by atoms with E-state index in [4.69, 9.17) is 0 Å². The van der Waals surface area contributed by atoms with E-state index in [1.807, 2.05) is 0 Å². The number of halogens is 1. The van der Waals surface area contributed by atoms with Gasteiger partial charge in [-0.05, 0) is 0 Å². The molecule has 0 saturated heterocycles. The molecule has 0 rings (SSSR count). The van der Waals surface area contributed by atoms with Crippen molar-refractivity contribution in [3.8, 4) is 0 Å². The van der Waals surface area contributed by atoms with Crippen LogP contribution in [0.15, 0.2) is 0 Å². The molecule has 0 aromatic rings. The fraction of sp³-hybridized carbons (Fsp3) is 1.00. The molecule has 0 radical (unpaired) electrons. The van der Waals surface area contributed by atoms with Gasteiger partial charge in [0.1, 0.15) is 0 Å². The van der Waals surface area contributed by atoms with Gasteiger partial charge in [0.2, 0.25) is 0 Å². The van der Waals surface area contributed by atoms with Gasteiger partial charge in [0, 0.05) is 0 Å². The van der Waals surface area contributed by atoms with E-state index >= 15 is 0 Å². The number of hydrogen-bond acceptors (Lipinski definition) is 0. The molecule has 0 amide bonds. The van der Waals surface area contributed by atoms with Gasteiger partial charge in [-0.1, -0.05) is 0 Å². The fourth-order valence-corrected chi connectivity index (χ4v) is 2.40. The van der Waals surface area contributed by atoms with E-state index in [1.54, 1.807) is 3.93 Å². The van der Waals surface area contributed by atoms with E-state index in [0.717, 1.165) is 26.1 Å². The zero-order chi connectivity index (χ0) is 6.24. The summed E-state index contributed by atoms with van der Waals surface area (Å²) in [7, 11) is 0. The van der Waals surface area contributed by atoms with Crippen LogP contribution < -0.4 is 0 Å². The molecule has 0 aromatic heterocycles. The Morgan fingerprint density at radius 3 is 2.12 bits per heavy atom. The first kappa shape index (κ1) is 9.42. The van der Waals surface area contributed by atoms with Crippen LogP contribution in [0, 0.1) is 0 Å². The molecule has 0 aromatic carbocycles. The molecule has 0 aliphatic rings. The van der Waals surface area contributed by atoms with Crippen molar-refractivity contribution in [2.24, 2.45) is 0 Å². The summed E-state index contributed by atoms with van der Waals surface area (Å²) < 4.78 is 1.54. The summed E-state index contributed by atoms with van der Waals surface area (Å²) in [6, 6.07) is 0. The molecular weight excluding hydrogens is 353 g/mol. The molecule has 45 valence electrons.